The van der Waals surface area contributed by atoms with Crippen molar-refractivity contribution in [1.29, 1.82) is 0 Å². The lowest BCUT2D eigenvalue weighted by Gasteiger charge is -2.03. The highest BCUT2D eigenvalue weighted by atomic mass is 32.2. The standard InChI is InChI=1S/C13H10N2O3S2/c14-13-12(11(15-18-13)10-7-4-8-19-10)20(16,17)9-5-2-1-3-6-9/h1-8H,14H2. The minimum absolute atomic E-state index is 0.0776. The molecule has 0 atom stereocenters. The molecule has 20 heavy (non-hydrogen) atoms. The molecule has 5 nitrogen and oxygen atoms in total. The zero-order valence-electron chi connectivity index (χ0n) is 10.2. The van der Waals surface area contributed by atoms with Gasteiger partial charge in [0.05, 0.1) is 9.77 Å². The third-order valence-corrected chi connectivity index (χ3v) is 5.45. The predicted molar refractivity (Wildman–Crippen MR) is 76.1 cm³/mol. The first kappa shape index (κ1) is 12.9. The normalized spacial score (nSPS) is 11.6. The van der Waals surface area contributed by atoms with Gasteiger partial charge in [-0.1, -0.05) is 29.4 Å². The predicted octanol–water partition coefficient (Wildman–Crippen LogP) is 2.82. The second-order valence-corrected chi connectivity index (χ2v) is 6.85. The fourth-order valence-electron chi connectivity index (χ4n) is 1.84. The number of nitrogens with zero attached hydrogens (tertiary/aromatic N) is 1. The van der Waals surface area contributed by atoms with Crippen LogP contribution in [0.4, 0.5) is 5.88 Å². The maximum atomic E-state index is 12.7. The number of nitrogens with two attached hydrogens (primary N) is 1. The highest BCUT2D eigenvalue weighted by Crippen LogP contribution is 2.36. The van der Waals surface area contributed by atoms with Crippen LogP contribution in [0.5, 0.6) is 0 Å². The molecular weight excluding hydrogens is 296 g/mol. The second-order valence-electron chi connectivity index (χ2n) is 4.02. The smallest absolute Gasteiger partial charge is 0.242 e. The number of rotatable bonds is 3. The quantitative estimate of drug-likeness (QED) is 0.804. The van der Waals surface area contributed by atoms with Gasteiger partial charge >= 0.3 is 0 Å². The summed E-state index contributed by atoms with van der Waals surface area (Å²) in [5.41, 5.74) is 5.92. The summed E-state index contributed by atoms with van der Waals surface area (Å²) in [4.78, 5) is 0.777. The van der Waals surface area contributed by atoms with Crippen LogP contribution in [0.1, 0.15) is 0 Å². The Hall–Kier alpha value is -2.12. The molecule has 0 spiro atoms. The summed E-state index contributed by atoms with van der Waals surface area (Å²) in [5, 5.41) is 5.61. The van der Waals surface area contributed by atoms with E-state index in [1.165, 1.54) is 23.5 Å². The van der Waals surface area contributed by atoms with Crippen LogP contribution in [0.15, 0.2) is 62.2 Å². The molecule has 0 saturated carbocycles. The molecule has 0 amide bonds. The van der Waals surface area contributed by atoms with Gasteiger partial charge in [-0.25, -0.2) is 8.42 Å². The topological polar surface area (TPSA) is 86.2 Å². The molecule has 0 aliphatic carbocycles. The van der Waals surface area contributed by atoms with Gasteiger partial charge < -0.3 is 10.3 Å². The molecule has 0 aliphatic heterocycles. The maximum Gasteiger partial charge on any atom is 0.242 e. The summed E-state index contributed by atoms with van der Waals surface area (Å²) in [5.74, 6) is -0.197. The van der Waals surface area contributed by atoms with Crippen molar-refractivity contribution < 1.29 is 12.9 Å². The van der Waals surface area contributed by atoms with Crippen molar-refractivity contribution in [3.63, 3.8) is 0 Å². The van der Waals surface area contributed by atoms with Crippen LogP contribution in [0, 0.1) is 0 Å². The van der Waals surface area contributed by atoms with E-state index < -0.39 is 9.84 Å². The Morgan fingerprint density at radius 3 is 2.50 bits per heavy atom. The SMILES string of the molecule is Nc1onc(-c2cccs2)c1S(=O)(=O)c1ccccc1. The summed E-state index contributed by atoms with van der Waals surface area (Å²) in [6.07, 6.45) is 0. The molecule has 102 valence electrons. The van der Waals surface area contributed by atoms with E-state index in [9.17, 15) is 8.42 Å². The van der Waals surface area contributed by atoms with E-state index in [1.54, 1.807) is 24.3 Å². The molecule has 0 unspecified atom stereocenters. The average Bonchev–Trinajstić information content (AvgIpc) is 3.08. The molecule has 3 rings (SSSR count). The van der Waals surface area contributed by atoms with Gasteiger partial charge in [-0.2, -0.15) is 0 Å². The summed E-state index contributed by atoms with van der Waals surface area (Å²) >= 11 is 1.37. The molecular formula is C13H10N2O3S2. The van der Waals surface area contributed by atoms with Gasteiger partial charge in [0.1, 0.15) is 5.69 Å². The number of hydrogen-bond donors (Lipinski definition) is 1. The molecule has 1 aromatic carbocycles. The summed E-state index contributed by atoms with van der Waals surface area (Å²) in [6, 6.07) is 11.7. The molecule has 3 aromatic rings. The van der Waals surface area contributed by atoms with Gasteiger partial charge in [-0.05, 0) is 23.6 Å². The molecule has 0 bridgehead atoms. The third kappa shape index (κ3) is 2.00. The Bertz CT molecular complexity index is 822. The van der Waals surface area contributed by atoms with Gasteiger partial charge in [0.25, 0.3) is 0 Å². The van der Waals surface area contributed by atoms with Gasteiger partial charge in [0.2, 0.25) is 15.7 Å². The van der Waals surface area contributed by atoms with Crippen molar-refractivity contribution in [3.05, 3.63) is 47.8 Å². The van der Waals surface area contributed by atoms with Crippen LogP contribution < -0.4 is 5.73 Å². The minimum atomic E-state index is -3.76. The first-order valence-electron chi connectivity index (χ1n) is 5.70. The monoisotopic (exact) mass is 306 g/mol. The van der Waals surface area contributed by atoms with Crippen molar-refractivity contribution in [3.8, 4) is 10.6 Å². The van der Waals surface area contributed by atoms with Crippen LogP contribution in [-0.2, 0) is 9.84 Å². The Kier molecular flexibility index (Phi) is 3.07. The molecule has 7 heteroatoms. The maximum absolute atomic E-state index is 12.7. The Labute approximate surface area is 119 Å². The first-order chi connectivity index (χ1) is 9.60. The summed E-state index contributed by atoms with van der Waals surface area (Å²) < 4.78 is 30.2. The van der Waals surface area contributed by atoms with Crippen LogP contribution in [-0.4, -0.2) is 13.6 Å². The van der Waals surface area contributed by atoms with E-state index in [0.717, 1.165) is 0 Å². The fourth-order valence-corrected chi connectivity index (χ4v) is 4.07. The highest BCUT2D eigenvalue weighted by molar-refractivity contribution is 7.91. The van der Waals surface area contributed by atoms with Crippen molar-refractivity contribution in [2.75, 3.05) is 5.73 Å². The van der Waals surface area contributed by atoms with Gasteiger partial charge in [-0.15, -0.1) is 11.3 Å². The van der Waals surface area contributed by atoms with Crippen LogP contribution in [0.25, 0.3) is 10.6 Å². The van der Waals surface area contributed by atoms with Gasteiger partial charge in [-0.3, -0.25) is 0 Å². The molecule has 2 N–H and O–H groups in total. The number of hydrogen-bond acceptors (Lipinski definition) is 6. The highest BCUT2D eigenvalue weighted by Gasteiger charge is 2.29. The zero-order chi connectivity index (χ0) is 14.2. The molecule has 2 heterocycles. The molecule has 0 fully saturated rings. The largest absolute Gasteiger partial charge is 0.366 e. The number of anilines is 1. The van der Waals surface area contributed by atoms with Crippen LogP contribution in [0.2, 0.25) is 0 Å². The summed E-state index contributed by atoms with van der Waals surface area (Å²) in [6.45, 7) is 0. The average molecular weight is 306 g/mol. The van der Waals surface area contributed by atoms with Crippen LogP contribution in [0.3, 0.4) is 0 Å². The number of thiophene rings is 1. The molecule has 2 aromatic heterocycles. The first-order valence-corrected chi connectivity index (χ1v) is 8.06. The van der Waals surface area contributed by atoms with E-state index in [4.69, 9.17) is 10.3 Å². The molecule has 0 saturated heterocycles. The van der Waals surface area contributed by atoms with Crippen molar-refractivity contribution >= 4 is 27.1 Å². The van der Waals surface area contributed by atoms with E-state index in [2.05, 4.69) is 5.16 Å². The zero-order valence-corrected chi connectivity index (χ0v) is 11.8. The van der Waals surface area contributed by atoms with Crippen molar-refractivity contribution in [2.24, 2.45) is 0 Å². The second kappa shape index (κ2) is 4.77. The van der Waals surface area contributed by atoms with Crippen molar-refractivity contribution in [2.45, 2.75) is 9.79 Å². The number of nitrogen functional groups attached to an aromatic ring is 1. The van der Waals surface area contributed by atoms with E-state index in [0.29, 0.717) is 4.88 Å². The number of sulfone groups is 1. The van der Waals surface area contributed by atoms with E-state index in [1.807, 2.05) is 11.4 Å². The molecule has 0 aliphatic rings. The van der Waals surface area contributed by atoms with Crippen molar-refractivity contribution in [1.82, 2.24) is 5.16 Å². The number of aromatic nitrogens is 1. The van der Waals surface area contributed by atoms with E-state index in [-0.39, 0.29) is 21.4 Å². The minimum Gasteiger partial charge on any atom is -0.366 e. The number of benzene rings is 1. The van der Waals surface area contributed by atoms with Gasteiger partial charge in [0, 0.05) is 0 Å². The Morgan fingerprint density at radius 2 is 1.85 bits per heavy atom. The lowest BCUT2D eigenvalue weighted by molar-refractivity contribution is 0.437. The lowest BCUT2D eigenvalue weighted by atomic mass is 10.3. The Morgan fingerprint density at radius 1 is 1.10 bits per heavy atom. The Balaban J connectivity index is 2.23. The fraction of sp³-hybridized carbons (Fsp3) is 0. The van der Waals surface area contributed by atoms with Gasteiger partial charge in [0.15, 0.2) is 4.90 Å². The molecule has 0 radical (unpaired) electrons. The summed E-state index contributed by atoms with van der Waals surface area (Å²) in [7, 11) is -3.76. The van der Waals surface area contributed by atoms with E-state index >= 15 is 0 Å². The van der Waals surface area contributed by atoms with Crippen LogP contribution >= 0.6 is 11.3 Å². The lowest BCUT2D eigenvalue weighted by Crippen LogP contribution is -2.04. The third-order valence-electron chi connectivity index (χ3n) is 2.75.